The van der Waals surface area contributed by atoms with Gasteiger partial charge in [0.2, 0.25) is 0 Å². The molecule has 112 valence electrons. The highest BCUT2D eigenvalue weighted by molar-refractivity contribution is 9.10. The zero-order chi connectivity index (χ0) is 15.5. The molecule has 0 aliphatic heterocycles. The molecule has 2 N–H and O–H groups in total. The van der Waals surface area contributed by atoms with Crippen molar-refractivity contribution in [1.29, 1.82) is 0 Å². The highest BCUT2D eigenvalue weighted by Crippen LogP contribution is 2.29. The zero-order valence-electron chi connectivity index (χ0n) is 11.0. The van der Waals surface area contributed by atoms with Crippen LogP contribution >= 0.6 is 15.9 Å². The van der Waals surface area contributed by atoms with E-state index >= 15 is 0 Å². The normalized spacial score (nSPS) is 11.5. The van der Waals surface area contributed by atoms with E-state index in [2.05, 4.69) is 15.9 Å². The molecular weight excluding hydrogens is 347 g/mol. The molecule has 0 aliphatic carbocycles. The monoisotopic (exact) mass is 359 g/mol. The van der Waals surface area contributed by atoms with Crippen molar-refractivity contribution in [2.75, 3.05) is 0 Å². The van der Waals surface area contributed by atoms with Crippen molar-refractivity contribution in [2.45, 2.75) is 19.3 Å². The zero-order valence-corrected chi connectivity index (χ0v) is 12.5. The summed E-state index contributed by atoms with van der Waals surface area (Å²) in [6.45, 7) is 0.508. The van der Waals surface area contributed by atoms with E-state index in [0.29, 0.717) is 17.9 Å². The quantitative estimate of drug-likeness (QED) is 0.871. The predicted molar refractivity (Wildman–Crippen MR) is 77.8 cm³/mol. The SMILES string of the molecule is NCc1cc(Br)ccc1OCc1ccc(C(F)(F)F)cc1. The van der Waals surface area contributed by atoms with Crippen LogP contribution in [0.2, 0.25) is 0 Å². The molecule has 21 heavy (non-hydrogen) atoms. The van der Waals surface area contributed by atoms with Gasteiger partial charge in [0.15, 0.2) is 0 Å². The lowest BCUT2D eigenvalue weighted by atomic mass is 10.1. The van der Waals surface area contributed by atoms with Crippen LogP contribution in [0.5, 0.6) is 5.75 Å². The van der Waals surface area contributed by atoms with E-state index in [1.54, 1.807) is 6.07 Å². The van der Waals surface area contributed by atoms with Gasteiger partial charge >= 0.3 is 6.18 Å². The highest BCUT2D eigenvalue weighted by atomic mass is 79.9. The molecule has 0 fully saturated rings. The Labute approximate surface area is 128 Å². The van der Waals surface area contributed by atoms with E-state index in [1.165, 1.54) is 12.1 Å². The lowest BCUT2D eigenvalue weighted by Gasteiger charge is -2.12. The smallest absolute Gasteiger partial charge is 0.416 e. The maximum atomic E-state index is 12.5. The number of ether oxygens (including phenoxy) is 1. The van der Waals surface area contributed by atoms with E-state index in [4.69, 9.17) is 10.5 Å². The molecule has 2 aromatic carbocycles. The van der Waals surface area contributed by atoms with E-state index in [1.807, 2.05) is 12.1 Å². The summed E-state index contributed by atoms with van der Waals surface area (Å²) in [5.41, 5.74) is 6.45. The molecule has 0 bridgehead atoms. The van der Waals surface area contributed by atoms with Gasteiger partial charge in [-0.05, 0) is 35.9 Å². The van der Waals surface area contributed by atoms with Gasteiger partial charge in [-0.25, -0.2) is 0 Å². The van der Waals surface area contributed by atoms with Crippen molar-refractivity contribution < 1.29 is 17.9 Å². The van der Waals surface area contributed by atoms with Gasteiger partial charge in [-0.15, -0.1) is 0 Å². The minimum atomic E-state index is -4.32. The van der Waals surface area contributed by atoms with Crippen molar-refractivity contribution in [3.05, 3.63) is 63.6 Å². The highest BCUT2D eigenvalue weighted by Gasteiger charge is 2.29. The van der Waals surface area contributed by atoms with Gasteiger partial charge in [-0.1, -0.05) is 28.1 Å². The Hall–Kier alpha value is -1.53. The Kier molecular flexibility index (Phi) is 4.90. The fourth-order valence-electron chi connectivity index (χ4n) is 1.80. The lowest BCUT2D eigenvalue weighted by molar-refractivity contribution is -0.137. The maximum absolute atomic E-state index is 12.5. The number of rotatable bonds is 4. The van der Waals surface area contributed by atoms with Crippen LogP contribution in [0, 0.1) is 0 Å². The van der Waals surface area contributed by atoms with E-state index in [-0.39, 0.29) is 6.61 Å². The predicted octanol–water partition coefficient (Wildman–Crippen LogP) is 4.51. The summed E-state index contributed by atoms with van der Waals surface area (Å²) in [7, 11) is 0. The van der Waals surface area contributed by atoms with Crippen LogP contribution in [-0.2, 0) is 19.3 Å². The Morgan fingerprint density at radius 1 is 1.05 bits per heavy atom. The fourth-order valence-corrected chi connectivity index (χ4v) is 2.21. The van der Waals surface area contributed by atoms with Crippen LogP contribution in [0.3, 0.4) is 0 Å². The summed E-state index contributed by atoms with van der Waals surface area (Å²) in [6.07, 6.45) is -4.32. The van der Waals surface area contributed by atoms with Gasteiger partial charge in [-0.2, -0.15) is 13.2 Å². The van der Waals surface area contributed by atoms with Crippen molar-refractivity contribution in [2.24, 2.45) is 5.73 Å². The van der Waals surface area contributed by atoms with Crippen LogP contribution in [0.15, 0.2) is 46.9 Å². The van der Waals surface area contributed by atoms with Crippen LogP contribution in [-0.4, -0.2) is 0 Å². The molecule has 2 nitrogen and oxygen atoms in total. The largest absolute Gasteiger partial charge is 0.489 e. The third-order valence-electron chi connectivity index (χ3n) is 2.92. The molecule has 2 aromatic rings. The Morgan fingerprint density at radius 3 is 2.29 bits per heavy atom. The first-order valence-electron chi connectivity index (χ1n) is 6.17. The molecule has 0 unspecified atom stereocenters. The minimum absolute atomic E-state index is 0.187. The molecular formula is C15H13BrF3NO. The topological polar surface area (TPSA) is 35.2 Å². The van der Waals surface area contributed by atoms with Crippen molar-refractivity contribution in [3.63, 3.8) is 0 Å². The molecule has 0 aliphatic rings. The summed E-state index contributed by atoms with van der Waals surface area (Å²) < 4.78 is 43.9. The number of nitrogens with two attached hydrogens (primary N) is 1. The molecule has 0 amide bonds. The Bertz CT molecular complexity index is 611. The standard InChI is InChI=1S/C15H13BrF3NO/c16-13-5-6-14(11(7-13)8-20)21-9-10-1-3-12(4-2-10)15(17,18)19/h1-7H,8-9,20H2. The van der Waals surface area contributed by atoms with Crippen LogP contribution in [0.4, 0.5) is 13.2 Å². The molecule has 0 radical (unpaired) electrons. The molecule has 0 atom stereocenters. The third kappa shape index (κ3) is 4.22. The fraction of sp³-hybridized carbons (Fsp3) is 0.200. The van der Waals surface area contributed by atoms with Crippen LogP contribution in [0.1, 0.15) is 16.7 Å². The summed E-state index contributed by atoms with van der Waals surface area (Å²) in [5, 5.41) is 0. The van der Waals surface area contributed by atoms with Gasteiger partial charge in [0, 0.05) is 16.6 Å². The van der Waals surface area contributed by atoms with Gasteiger partial charge < -0.3 is 10.5 Å². The Morgan fingerprint density at radius 2 is 1.71 bits per heavy atom. The molecule has 0 spiro atoms. The van der Waals surface area contributed by atoms with Gasteiger partial charge in [0.25, 0.3) is 0 Å². The second-order valence-electron chi connectivity index (χ2n) is 4.44. The van der Waals surface area contributed by atoms with Crippen LogP contribution in [0.25, 0.3) is 0 Å². The molecule has 0 aromatic heterocycles. The summed E-state index contributed by atoms with van der Waals surface area (Å²) in [5.74, 6) is 0.626. The van der Waals surface area contributed by atoms with Crippen molar-refractivity contribution >= 4 is 15.9 Å². The summed E-state index contributed by atoms with van der Waals surface area (Å²) in [6, 6.07) is 10.3. The first kappa shape index (κ1) is 15.9. The molecule has 0 heterocycles. The van der Waals surface area contributed by atoms with Crippen molar-refractivity contribution in [3.8, 4) is 5.75 Å². The summed E-state index contributed by atoms with van der Waals surface area (Å²) in [4.78, 5) is 0. The molecule has 2 rings (SSSR count). The van der Waals surface area contributed by atoms with Crippen LogP contribution < -0.4 is 10.5 Å². The number of benzene rings is 2. The first-order valence-corrected chi connectivity index (χ1v) is 6.97. The maximum Gasteiger partial charge on any atom is 0.416 e. The minimum Gasteiger partial charge on any atom is -0.489 e. The van der Waals surface area contributed by atoms with Gasteiger partial charge in [0.1, 0.15) is 12.4 Å². The first-order chi connectivity index (χ1) is 9.90. The number of halogens is 4. The number of hydrogen-bond donors (Lipinski definition) is 1. The molecule has 0 saturated carbocycles. The average Bonchev–Trinajstić information content (AvgIpc) is 2.45. The summed E-state index contributed by atoms with van der Waals surface area (Å²) >= 11 is 3.34. The number of alkyl halides is 3. The second kappa shape index (κ2) is 6.49. The third-order valence-corrected chi connectivity index (χ3v) is 3.41. The van der Waals surface area contributed by atoms with E-state index in [0.717, 1.165) is 22.2 Å². The lowest BCUT2D eigenvalue weighted by Crippen LogP contribution is -2.06. The Balaban J connectivity index is 2.07. The van der Waals surface area contributed by atoms with Gasteiger partial charge in [0.05, 0.1) is 5.56 Å². The number of hydrogen-bond acceptors (Lipinski definition) is 2. The van der Waals surface area contributed by atoms with E-state index in [9.17, 15) is 13.2 Å². The second-order valence-corrected chi connectivity index (χ2v) is 5.36. The van der Waals surface area contributed by atoms with Gasteiger partial charge in [-0.3, -0.25) is 0 Å². The molecule has 6 heteroatoms. The molecule has 0 saturated heterocycles. The van der Waals surface area contributed by atoms with E-state index < -0.39 is 11.7 Å². The van der Waals surface area contributed by atoms with Crippen molar-refractivity contribution in [1.82, 2.24) is 0 Å². The average molecular weight is 360 g/mol.